The van der Waals surface area contributed by atoms with E-state index in [0.717, 1.165) is 34.5 Å². The predicted molar refractivity (Wildman–Crippen MR) is 117 cm³/mol. The van der Waals surface area contributed by atoms with E-state index in [1.807, 2.05) is 56.7 Å². The fourth-order valence-electron chi connectivity index (χ4n) is 3.31. The van der Waals surface area contributed by atoms with Gasteiger partial charge < -0.3 is 19.0 Å². The van der Waals surface area contributed by atoms with E-state index in [0.29, 0.717) is 11.3 Å². The molecule has 0 aliphatic rings. The fourth-order valence-corrected chi connectivity index (χ4v) is 3.31. The Labute approximate surface area is 175 Å². The van der Waals surface area contributed by atoms with E-state index >= 15 is 0 Å². The molecule has 1 aromatic carbocycles. The van der Waals surface area contributed by atoms with Crippen LogP contribution in [0.4, 0.5) is 0 Å². The van der Waals surface area contributed by atoms with Gasteiger partial charge in [-0.15, -0.1) is 24.8 Å². The van der Waals surface area contributed by atoms with Gasteiger partial charge in [0.1, 0.15) is 11.4 Å². The quantitative estimate of drug-likeness (QED) is 0.545. The summed E-state index contributed by atoms with van der Waals surface area (Å²) in [5, 5.41) is 0.910. The van der Waals surface area contributed by atoms with Crippen LogP contribution < -0.4 is 10.3 Å². The fraction of sp³-hybridized carbons (Fsp3) is 0.200. The Bertz CT molecular complexity index is 1170. The average Bonchev–Trinajstić information content (AvgIpc) is 2.98. The van der Waals surface area contributed by atoms with Crippen molar-refractivity contribution in [1.29, 1.82) is 0 Å². The lowest BCUT2D eigenvalue weighted by Gasteiger charge is -2.13. The summed E-state index contributed by atoms with van der Waals surface area (Å²) in [6.45, 7) is 0.747. The molecule has 0 unspecified atom stereocenters. The van der Waals surface area contributed by atoms with Crippen molar-refractivity contribution in [2.75, 3.05) is 21.2 Å². The van der Waals surface area contributed by atoms with Crippen LogP contribution in [0.15, 0.2) is 53.5 Å². The van der Waals surface area contributed by atoms with Crippen LogP contribution in [0.25, 0.3) is 27.8 Å². The van der Waals surface area contributed by atoms with Gasteiger partial charge in [-0.3, -0.25) is 4.79 Å². The van der Waals surface area contributed by atoms with Crippen molar-refractivity contribution in [3.05, 3.63) is 64.7 Å². The van der Waals surface area contributed by atoms with Gasteiger partial charge in [-0.1, -0.05) is 6.07 Å². The van der Waals surface area contributed by atoms with Crippen molar-refractivity contribution in [2.24, 2.45) is 0 Å². The standard InChI is InChI=1S/C20H20N4O2.2ClH/c1-23(2)12-15-19(21-17-6-4-5-11-24(15)17)13-7-9-16(26-3)20-14(13)8-10-18(25)22-20;;/h4-11H,12H2,1-3H3,(H,22,25);2*1H. The van der Waals surface area contributed by atoms with Crippen molar-refractivity contribution in [3.8, 4) is 17.0 Å². The molecular formula is C20H22Cl2N4O2. The van der Waals surface area contributed by atoms with Crippen molar-refractivity contribution in [2.45, 2.75) is 6.54 Å². The van der Waals surface area contributed by atoms with E-state index in [-0.39, 0.29) is 30.4 Å². The molecule has 6 nitrogen and oxygen atoms in total. The number of ether oxygens (including phenoxy) is 1. The minimum absolute atomic E-state index is 0. The Morgan fingerprint density at radius 1 is 1.11 bits per heavy atom. The van der Waals surface area contributed by atoms with Crippen LogP contribution in [-0.2, 0) is 6.54 Å². The van der Waals surface area contributed by atoms with Gasteiger partial charge in [0.05, 0.1) is 24.0 Å². The maximum Gasteiger partial charge on any atom is 0.248 e. The first-order valence-corrected chi connectivity index (χ1v) is 8.39. The number of methoxy groups -OCH3 is 1. The second-order valence-electron chi connectivity index (χ2n) is 6.50. The van der Waals surface area contributed by atoms with Crippen LogP contribution in [0.2, 0.25) is 0 Å². The molecule has 1 N–H and O–H groups in total. The number of hydrogen-bond acceptors (Lipinski definition) is 4. The van der Waals surface area contributed by atoms with Gasteiger partial charge in [0.2, 0.25) is 5.56 Å². The maximum atomic E-state index is 11.8. The van der Waals surface area contributed by atoms with E-state index < -0.39 is 0 Å². The van der Waals surface area contributed by atoms with Gasteiger partial charge in [-0.25, -0.2) is 4.98 Å². The van der Waals surface area contributed by atoms with Gasteiger partial charge in [0, 0.05) is 29.8 Å². The normalized spacial score (nSPS) is 10.7. The molecule has 8 heteroatoms. The molecule has 28 heavy (non-hydrogen) atoms. The first-order chi connectivity index (χ1) is 12.6. The smallest absolute Gasteiger partial charge is 0.248 e. The predicted octanol–water partition coefficient (Wildman–Crippen LogP) is 3.76. The maximum absolute atomic E-state index is 11.8. The number of aromatic nitrogens is 3. The van der Waals surface area contributed by atoms with Crippen molar-refractivity contribution in [1.82, 2.24) is 19.3 Å². The third-order valence-corrected chi connectivity index (χ3v) is 4.43. The molecule has 0 amide bonds. The van der Waals surface area contributed by atoms with Crippen molar-refractivity contribution < 1.29 is 4.74 Å². The van der Waals surface area contributed by atoms with Crippen molar-refractivity contribution in [3.63, 3.8) is 0 Å². The number of hydrogen-bond donors (Lipinski definition) is 1. The SMILES string of the molecule is COc1ccc(-c2nc3ccccn3c2CN(C)C)c2ccc(=O)[nH]c12.Cl.Cl. The topological polar surface area (TPSA) is 62.6 Å². The Kier molecular flexibility index (Phi) is 6.72. The summed E-state index contributed by atoms with van der Waals surface area (Å²) in [5.74, 6) is 0.638. The molecule has 4 aromatic rings. The van der Waals surface area contributed by atoms with E-state index in [1.54, 1.807) is 7.11 Å². The summed E-state index contributed by atoms with van der Waals surface area (Å²) in [6.07, 6.45) is 2.03. The molecule has 0 bridgehead atoms. The summed E-state index contributed by atoms with van der Waals surface area (Å²) in [7, 11) is 5.67. The number of H-pyrrole nitrogens is 1. The molecule has 0 aliphatic carbocycles. The van der Waals surface area contributed by atoms with Gasteiger partial charge >= 0.3 is 0 Å². The molecular weight excluding hydrogens is 399 g/mol. The first-order valence-electron chi connectivity index (χ1n) is 8.39. The number of rotatable bonds is 4. The Morgan fingerprint density at radius 2 is 1.89 bits per heavy atom. The summed E-state index contributed by atoms with van der Waals surface area (Å²) in [5.41, 5.74) is 4.40. The third-order valence-electron chi connectivity index (χ3n) is 4.43. The Balaban J connectivity index is 0.00000140. The second-order valence-corrected chi connectivity index (χ2v) is 6.50. The summed E-state index contributed by atoms with van der Waals surface area (Å²) in [6, 6.07) is 13.2. The molecule has 4 rings (SSSR count). The lowest BCUT2D eigenvalue weighted by Crippen LogP contribution is -2.13. The van der Waals surface area contributed by atoms with E-state index in [2.05, 4.69) is 14.3 Å². The molecule has 0 aliphatic heterocycles. The van der Waals surface area contributed by atoms with Crippen LogP contribution >= 0.6 is 24.8 Å². The highest BCUT2D eigenvalue weighted by molar-refractivity contribution is 5.97. The van der Waals surface area contributed by atoms with Crippen LogP contribution in [0, 0.1) is 0 Å². The summed E-state index contributed by atoms with van der Waals surface area (Å²) < 4.78 is 7.53. The monoisotopic (exact) mass is 420 g/mol. The molecule has 3 aromatic heterocycles. The minimum Gasteiger partial charge on any atom is -0.495 e. The number of aromatic amines is 1. The number of pyridine rings is 2. The summed E-state index contributed by atoms with van der Waals surface area (Å²) in [4.78, 5) is 21.7. The highest BCUT2D eigenvalue weighted by Crippen LogP contribution is 2.34. The Morgan fingerprint density at radius 3 is 2.61 bits per heavy atom. The first kappa shape index (κ1) is 21.8. The zero-order valence-electron chi connectivity index (χ0n) is 15.8. The number of halogens is 2. The molecule has 3 heterocycles. The van der Waals surface area contributed by atoms with Crippen LogP contribution in [0.1, 0.15) is 5.69 Å². The van der Waals surface area contributed by atoms with Crippen molar-refractivity contribution >= 4 is 41.4 Å². The Hall–Kier alpha value is -2.54. The molecule has 0 saturated heterocycles. The molecule has 0 fully saturated rings. The molecule has 0 atom stereocenters. The number of fused-ring (bicyclic) bond motifs is 2. The molecule has 0 saturated carbocycles. The lowest BCUT2D eigenvalue weighted by atomic mass is 10.0. The highest BCUT2D eigenvalue weighted by Gasteiger charge is 2.18. The summed E-state index contributed by atoms with van der Waals surface area (Å²) >= 11 is 0. The highest BCUT2D eigenvalue weighted by atomic mass is 35.5. The van der Waals surface area contributed by atoms with Gasteiger partial charge in [0.15, 0.2) is 0 Å². The number of imidazole rings is 1. The molecule has 148 valence electrons. The second kappa shape index (κ2) is 8.65. The number of benzene rings is 1. The van der Waals surface area contributed by atoms with E-state index in [9.17, 15) is 4.79 Å². The largest absolute Gasteiger partial charge is 0.495 e. The van der Waals surface area contributed by atoms with Crippen LogP contribution in [-0.4, -0.2) is 40.5 Å². The van der Waals surface area contributed by atoms with Crippen LogP contribution in [0.5, 0.6) is 5.75 Å². The molecule has 0 spiro atoms. The zero-order chi connectivity index (χ0) is 18.3. The zero-order valence-corrected chi connectivity index (χ0v) is 17.4. The van der Waals surface area contributed by atoms with Gasteiger partial charge in [-0.05, 0) is 44.4 Å². The van der Waals surface area contributed by atoms with E-state index in [4.69, 9.17) is 9.72 Å². The van der Waals surface area contributed by atoms with E-state index in [1.165, 1.54) is 6.07 Å². The third kappa shape index (κ3) is 3.71. The average molecular weight is 421 g/mol. The van der Waals surface area contributed by atoms with Gasteiger partial charge in [-0.2, -0.15) is 0 Å². The number of nitrogens with one attached hydrogen (secondary N) is 1. The number of nitrogens with zero attached hydrogens (tertiary/aromatic N) is 3. The van der Waals surface area contributed by atoms with Gasteiger partial charge in [0.25, 0.3) is 0 Å². The van der Waals surface area contributed by atoms with Crippen LogP contribution in [0.3, 0.4) is 0 Å². The molecule has 0 radical (unpaired) electrons. The minimum atomic E-state index is -0.156. The lowest BCUT2D eigenvalue weighted by molar-refractivity contribution is 0.396.